The molecule has 2 fully saturated rings. The van der Waals surface area contributed by atoms with Gasteiger partial charge in [0, 0.05) is 6.54 Å². The van der Waals surface area contributed by atoms with Gasteiger partial charge in [0.15, 0.2) is 0 Å². The lowest BCUT2D eigenvalue weighted by atomic mass is 10.0. The van der Waals surface area contributed by atoms with E-state index in [1.165, 1.54) is 6.42 Å². The molecule has 0 aromatic carbocycles. The molecule has 82 valence electrons. The highest BCUT2D eigenvalue weighted by Gasteiger charge is 2.31. The van der Waals surface area contributed by atoms with E-state index in [2.05, 4.69) is 5.32 Å². The number of nitrogens with one attached hydrogen (secondary N) is 1. The Balaban J connectivity index is 1.61. The van der Waals surface area contributed by atoms with Gasteiger partial charge in [-0.25, -0.2) is 0 Å². The smallest absolute Gasteiger partial charge is 0.0880 e. The van der Waals surface area contributed by atoms with E-state index in [-0.39, 0.29) is 0 Å². The van der Waals surface area contributed by atoms with Crippen molar-refractivity contribution in [2.45, 2.75) is 37.7 Å². The molecule has 1 unspecified atom stereocenters. The second-order valence-electron chi connectivity index (χ2n) is 4.81. The summed E-state index contributed by atoms with van der Waals surface area (Å²) in [5, 5.41) is 13.3. The van der Waals surface area contributed by atoms with Crippen LogP contribution in [0.4, 0.5) is 0 Å². The largest absolute Gasteiger partial charge is 0.387 e. The Bertz CT molecular complexity index is 172. The van der Waals surface area contributed by atoms with Crippen LogP contribution in [0.3, 0.4) is 0 Å². The molecule has 2 N–H and O–H groups in total. The molecule has 1 aliphatic carbocycles. The van der Waals surface area contributed by atoms with Crippen molar-refractivity contribution in [2.75, 3.05) is 26.3 Å². The van der Waals surface area contributed by atoms with Crippen LogP contribution in [-0.2, 0) is 4.74 Å². The zero-order valence-electron chi connectivity index (χ0n) is 8.80. The van der Waals surface area contributed by atoms with Crippen LogP contribution in [0.25, 0.3) is 0 Å². The molecule has 0 aromatic heterocycles. The van der Waals surface area contributed by atoms with Crippen molar-refractivity contribution >= 4 is 0 Å². The lowest BCUT2D eigenvalue weighted by molar-refractivity contribution is -0.0480. The van der Waals surface area contributed by atoms with Crippen molar-refractivity contribution in [1.82, 2.24) is 5.32 Å². The molecule has 1 saturated heterocycles. The topological polar surface area (TPSA) is 41.5 Å². The van der Waals surface area contributed by atoms with E-state index < -0.39 is 5.60 Å². The fourth-order valence-electron chi connectivity index (χ4n) is 2.45. The number of ether oxygens (including phenoxy) is 1. The Morgan fingerprint density at radius 3 is 2.79 bits per heavy atom. The number of hydrogen-bond acceptors (Lipinski definition) is 3. The third-order valence-electron chi connectivity index (χ3n) is 3.42. The summed E-state index contributed by atoms with van der Waals surface area (Å²) in [6.45, 7) is 3.57. The predicted molar refractivity (Wildman–Crippen MR) is 55.2 cm³/mol. The number of hydrogen-bond donors (Lipinski definition) is 2. The zero-order valence-corrected chi connectivity index (χ0v) is 8.80. The molecule has 3 nitrogen and oxygen atoms in total. The normalized spacial score (nSPS) is 31.1. The Morgan fingerprint density at radius 2 is 2.14 bits per heavy atom. The molecule has 1 saturated carbocycles. The van der Waals surface area contributed by atoms with Crippen molar-refractivity contribution in [3.05, 3.63) is 0 Å². The standard InChI is InChI=1S/C11H21NO2/c13-11(4-1-2-5-11)9-14-8-10-3-6-12-7-10/h10,12-13H,1-9H2. The Morgan fingerprint density at radius 1 is 1.36 bits per heavy atom. The van der Waals surface area contributed by atoms with Gasteiger partial charge in [-0.15, -0.1) is 0 Å². The molecule has 1 aliphatic heterocycles. The maximum Gasteiger partial charge on any atom is 0.0880 e. The summed E-state index contributed by atoms with van der Waals surface area (Å²) in [5.41, 5.74) is -0.494. The van der Waals surface area contributed by atoms with Gasteiger partial charge in [0.1, 0.15) is 0 Å². The molecule has 2 rings (SSSR count). The van der Waals surface area contributed by atoms with E-state index in [1.54, 1.807) is 0 Å². The van der Waals surface area contributed by atoms with Gasteiger partial charge >= 0.3 is 0 Å². The van der Waals surface area contributed by atoms with Crippen molar-refractivity contribution in [3.63, 3.8) is 0 Å². The molecule has 1 atom stereocenters. The average molecular weight is 199 g/mol. The van der Waals surface area contributed by atoms with Crippen molar-refractivity contribution in [1.29, 1.82) is 0 Å². The summed E-state index contributed by atoms with van der Waals surface area (Å²) in [6.07, 6.45) is 5.39. The third-order valence-corrected chi connectivity index (χ3v) is 3.42. The molecule has 0 spiro atoms. The van der Waals surface area contributed by atoms with Crippen LogP contribution in [0.15, 0.2) is 0 Å². The van der Waals surface area contributed by atoms with E-state index in [9.17, 15) is 5.11 Å². The monoisotopic (exact) mass is 199 g/mol. The minimum atomic E-state index is -0.494. The van der Waals surface area contributed by atoms with E-state index >= 15 is 0 Å². The lowest BCUT2D eigenvalue weighted by Crippen LogP contribution is -2.31. The average Bonchev–Trinajstić information content (AvgIpc) is 2.77. The fourth-order valence-corrected chi connectivity index (χ4v) is 2.45. The Labute approximate surface area is 85.8 Å². The minimum Gasteiger partial charge on any atom is -0.387 e. The second-order valence-corrected chi connectivity index (χ2v) is 4.81. The second kappa shape index (κ2) is 4.60. The van der Waals surface area contributed by atoms with Gasteiger partial charge in [-0.1, -0.05) is 12.8 Å². The van der Waals surface area contributed by atoms with Crippen LogP contribution >= 0.6 is 0 Å². The first-order valence-electron chi connectivity index (χ1n) is 5.79. The quantitative estimate of drug-likeness (QED) is 0.707. The summed E-state index contributed by atoms with van der Waals surface area (Å²) in [5.74, 6) is 0.667. The maximum absolute atomic E-state index is 10.0. The van der Waals surface area contributed by atoms with E-state index in [1.807, 2.05) is 0 Å². The van der Waals surface area contributed by atoms with Crippen molar-refractivity contribution < 1.29 is 9.84 Å². The molecular formula is C11H21NO2. The van der Waals surface area contributed by atoms with Crippen LogP contribution in [-0.4, -0.2) is 37.0 Å². The number of rotatable bonds is 4. The van der Waals surface area contributed by atoms with Crippen LogP contribution in [0.2, 0.25) is 0 Å². The van der Waals surface area contributed by atoms with E-state index in [0.29, 0.717) is 12.5 Å². The molecule has 2 aliphatic rings. The van der Waals surface area contributed by atoms with Gasteiger partial charge < -0.3 is 15.2 Å². The molecule has 0 aromatic rings. The molecule has 0 amide bonds. The van der Waals surface area contributed by atoms with Crippen LogP contribution < -0.4 is 5.32 Å². The highest BCUT2D eigenvalue weighted by molar-refractivity contribution is 4.84. The van der Waals surface area contributed by atoms with Gasteiger partial charge in [-0.2, -0.15) is 0 Å². The minimum absolute atomic E-state index is 0.494. The molecule has 0 bridgehead atoms. The van der Waals surface area contributed by atoms with Crippen molar-refractivity contribution in [3.8, 4) is 0 Å². The summed E-state index contributed by atoms with van der Waals surface area (Å²) in [4.78, 5) is 0. The predicted octanol–water partition coefficient (Wildman–Crippen LogP) is 0.918. The lowest BCUT2D eigenvalue weighted by Gasteiger charge is -2.22. The summed E-state index contributed by atoms with van der Waals surface area (Å²) >= 11 is 0. The van der Waals surface area contributed by atoms with Crippen LogP contribution in [0.1, 0.15) is 32.1 Å². The summed E-state index contributed by atoms with van der Waals surface area (Å²) in [6, 6.07) is 0. The molecule has 3 heteroatoms. The highest BCUT2D eigenvalue weighted by Crippen LogP contribution is 2.29. The van der Waals surface area contributed by atoms with Crippen LogP contribution in [0.5, 0.6) is 0 Å². The van der Waals surface area contributed by atoms with Gasteiger partial charge in [0.25, 0.3) is 0 Å². The number of aliphatic hydroxyl groups is 1. The molecule has 1 heterocycles. The van der Waals surface area contributed by atoms with Crippen molar-refractivity contribution in [2.24, 2.45) is 5.92 Å². The van der Waals surface area contributed by atoms with Gasteiger partial charge in [-0.3, -0.25) is 0 Å². The Kier molecular flexibility index (Phi) is 3.42. The molecule has 14 heavy (non-hydrogen) atoms. The fraction of sp³-hybridized carbons (Fsp3) is 1.00. The first kappa shape index (κ1) is 10.4. The highest BCUT2D eigenvalue weighted by atomic mass is 16.5. The van der Waals surface area contributed by atoms with Gasteiger partial charge in [0.05, 0.1) is 18.8 Å². The maximum atomic E-state index is 10.0. The van der Waals surface area contributed by atoms with E-state index in [0.717, 1.165) is 45.4 Å². The Hall–Kier alpha value is -0.120. The summed E-state index contributed by atoms with van der Waals surface area (Å²) in [7, 11) is 0. The van der Waals surface area contributed by atoms with Crippen LogP contribution in [0, 0.1) is 5.92 Å². The first-order valence-corrected chi connectivity index (χ1v) is 5.79. The molecule has 0 radical (unpaired) electrons. The first-order chi connectivity index (χ1) is 6.79. The van der Waals surface area contributed by atoms with Gasteiger partial charge in [-0.05, 0) is 31.7 Å². The SMILES string of the molecule is OC1(COCC2CCNC2)CCCC1. The third kappa shape index (κ3) is 2.69. The van der Waals surface area contributed by atoms with E-state index in [4.69, 9.17) is 4.74 Å². The summed E-state index contributed by atoms with van der Waals surface area (Å²) < 4.78 is 5.61. The zero-order chi connectivity index (χ0) is 9.86. The van der Waals surface area contributed by atoms with Gasteiger partial charge in [0.2, 0.25) is 0 Å². The molecular weight excluding hydrogens is 178 g/mol.